The molecule has 0 fully saturated rings. The molecule has 0 aliphatic carbocycles. The molecule has 25 heavy (non-hydrogen) atoms. The second kappa shape index (κ2) is 5.72. The summed E-state index contributed by atoms with van der Waals surface area (Å²) in [5.41, 5.74) is 8.97. The van der Waals surface area contributed by atoms with E-state index < -0.39 is 0 Å². The summed E-state index contributed by atoms with van der Waals surface area (Å²) in [5.74, 6) is 1.35. The molecule has 0 unspecified atom stereocenters. The quantitative estimate of drug-likeness (QED) is 0.585. The number of nitrogens with zero attached hydrogens (tertiary/aromatic N) is 2. The smallest absolute Gasteiger partial charge is 0.226 e. The Morgan fingerprint density at radius 1 is 1.08 bits per heavy atom. The second-order valence-corrected chi connectivity index (χ2v) is 8.76. The summed E-state index contributed by atoms with van der Waals surface area (Å²) in [5, 5.41) is 0. The molecule has 0 saturated heterocycles. The molecule has 2 heterocycles. The normalized spacial score (nSPS) is 14.3. The van der Waals surface area contributed by atoms with Crippen LogP contribution >= 0.6 is 0 Å². The number of imidazole rings is 1. The number of hydrogen-bond donors (Lipinski definition) is 0. The Labute approximate surface area is 151 Å². The number of hydrogen-bond acceptors (Lipinski definition) is 0. The van der Waals surface area contributed by atoms with E-state index in [-0.39, 0.29) is 0 Å². The fraction of sp³-hybridized carbons (Fsp3) is 0.435. The van der Waals surface area contributed by atoms with Crippen LogP contribution in [0.4, 0.5) is 0 Å². The first kappa shape index (κ1) is 16.4. The Morgan fingerprint density at radius 2 is 1.84 bits per heavy atom. The maximum atomic E-state index is 2.57. The van der Waals surface area contributed by atoms with Crippen LogP contribution < -0.4 is 4.57 Å². The summed E-state index contributed by atoms with van der Waals surface area (Å²) in [4.78, 5) is 0. The molecule has 4 rings (SSSR count). The zero-order chi connectivity index (χ0) is 17.8. The van der Waals surface area contributed by atoms with Gasteiger partial charge in [-0.25, -0.2) is 9.13 Å². The first-order chi connectivity index (χ1) is 11.9. The van der Waals surface area contributed by atoms with Crippen molar-refractivity contribution in [3.05, 3.63) is 53.1 Å². The van der Waals surface area contributed by atoms with Crippen molar-refractivity contribution >= 4 is 11.0 Å². The second-order valence-electron chi connectivity index (χ2n) is 8.76. The molecule has 0 amide bonds. The maximum absolute atomic E-state index is 2.57. The number of aryl methyl sites for hydroxylation is 4. The topological polar surface area (TPSA) is 8.81 Å². The van der Waals surface area contributed by atoms with Crippen molar-refractivity contribution in [2.45, 2.75) is 53.5 Å². The highest BCUT2D eigenvalue weighted by Crippen LogP contribution is 2.33. The summed E-state index contributed by atoms with van der Waals surface area (Å²) >= 11 is 0. The fourth-order valence-corrected chi connectivity index (χ4v) is 4.44. The summed E-state index contributed by atoms with van der Waals surface area (Å²) in [6.45, 7) is 10.3. The lowest BCUT2D eigenvalue weighted by Gasteiger charge is -2.22. The minimum Gasteiger partial charge on any atom is -0.226 e. The largest absolute Gasteiger partial charge is 0.289 e. The first-order valence-corrected chi connectivity index (χ1v) is 9.46. The van der Waals surface area contributed by atoms with Crippen LogP contribution in [-0.4, -0.2) is 4.57 Å². The average Bonchev–Trinajstić information content (AvgIpc) is 2.83. The number of rotatable bonds is 2. The summed E-state index contributed by atoms with van der Waals surface area (Å²) in [7, 11) is 2.22. The molecule has 3 aromatic rings. The molecule has 0 N–H and O–H groups in total. The molecule has 0 bridgehead atoms. The Bertz CT molecular complexity index is 954. The van der Waals surface area contributed by atoms with E-state index in [1.54, 1.807) is 5.56 Å². The van der Waals surface area contributed by atoms with Crippen molar-refractivity contribution < 1.29 is 4.57 Å². The SMILES string of the molecule is Cc1ccccc1-c1n(C)c2ccc(CC(C)(C)C)c3c2[n+]1CCC3. The predicted molar refractivity (Wildman–Crippen MR) is 105 cm³/mol. The average molecular weight is 333 g/mol. The highest BCUT2D eigenvalue weighted by molar-refractivity contribution is 5.81. The molecule has 0 saturated carbocycles. The lowest BCUT2D eigenvalue weighted by atomic mass is 9.84. The van der Waals surface area contributed by atoms with Crippen molar-refractivity contribution in [2.24, 2.45) is 12.5 Å². The van der Waals surface area contributed by atoms with Gasteiger partial charge in [0.15, 0.2) is 11.0 Å². The molecule has 0 atom stereocenters. The summed E-state index contributed by atoms with van der Waals surface area (Å²) in [6.07, 6.45) is 3.59. The number of aromatic nitrogens is 2. The van der Waals surface area contributed by atoms with Gasteiger partial charge in [-0.1, -0.05) is 45.0 Å². The van der Waals surface area contributed by atoms with Gasteiger partial charge in [-0.15, -0.1) is 0 Å². The van der Waals surface area contributed by atoms with Crippen LogP contribution in [0, 0.1) is 12.3 Å². The molecule has 1 aliphatic heterocycles. The highest BCUT2D eigenvalue weighted by Gasteiger charge is 2.31. The third-order valence-electron chi connectivity index (χ3n) is 5.48. The van der Waals surface area contributed by atoms with E-state index >= 15 is 0 Å². The van der Waals surface area contributed by atoms with E-state index in [2.05, 4.69) is 80.3 Å². The van der Waals surface area contributed by atoms with Gasteiger partial charge in [0.25, 0.3) is 5.82 Å². The van der Waals surface area contributed by atoms with E-state index in [4.69, 9.17) is 0 Å². The van der Waals surface area contributed by atoms with Crippen LogP contribution in [0.2, 0.25) is 0 Å². The van der Waals surface area contributed by atoms with Crippen molar-refractivity contribution in [2.75, 3.05) is 0 Å². The van der Waals surface area contributed by atoms with Crippen molar-refractivity contribution in [3.63, 3.8) is 0 Å². The van der Waals surface area contributed by atoms with E-state index in [0.29, 0.717) is 5.41 Å². The zero-order valence-corrected chi connectivity index (χ0v) is 16.2. The third kappa shape index (κ3) is 2.68. The Hall–Kier alpha value is -2.09. The monoisotopic (exact) mass is 333 g/mol. The molecular weight excluding hydrogens is 304 g/mol. The van der Waals surface area contributed by atoms with E-state index in [1.807, 2.05) is 0 Å². The fourth-order valence-electron chi connectivity index (χ4n) is 4.44. The molecule has 130 valence electrons. The van der Waals surface area contributed by atoms with Crippen LogP contribution in [0.1, 0.15) is 43.9 Å². The van der Waals surface area contributed by atoms with Gasteiger partial charge in [-0.05, 0) is 54.9 Å². The minimum absolute atomic E-state index is 0.320. The van der Waals surface area contributed by atoms with Gasteiger partial charge in [-0.2, -0.15) is 0 Å². The van der Waals surface area contributed by atoms with Gasteiger partial charge in [-0.3, -0.25) is 0 Å². The van der Waals surface area contributed by atoms with Crippen molar-refractivity contribution in [1.82, 2.24) is 4.57 Å². The lowest BCUT2D eigenvalue weighted by molar-refractivity contribution is -0.664. The Balaban J connectivity index is 2.01. The van der Waals surface area contributed by atoms with E-state index in [9.17, 15) is 0 Å². The van der Waals surface area contributed by atoms with Gasteiger partial charge in [0.2, 0.25) is 0 Å². The van der Waals surface area contributed by atoms with Gasteiger partial charge >= 0.3 is 0 Å². The van der Waals surface area contributed by atoms with Gasteiger partial charge in [0.05, 0.1) is 19.2 Å². The predicted octanol–water partition coefficient (Wildman–Crippen LogP) is 4.98. The standard InChI is InChI=1S/C23H29N2/c1-16-9-6-7-10-18(16)22-24(5)20-13-12-17(15-23(2,3)4)19-11-8-14-25(22)21(19)20/h6-7,9-10,12-13H,8,11,14-15H2,1-5H3/q+1. The van der Waals surface area contributed by atoms with Crippen LogP contribution in [-0.2, 0) is 26.4 Å². The van der Waals surface area contributed by atoms with Gasteiger partial charge in [0.1, 0.15) is 0 Å². The maximum Gasteiger partial charge on any atom is 0.289 e. The Kier molecular flexibility index (Phi) is 3.75. The van der Waals surface area contributed by atoms with Crippen LogP contribution in [0.5, 0.6) is 0 Å². The first-order valence-electron chi connectivity index (χ1n) is 9.46. The number of benzene rings is 2. The van der Waals surface area contributed by atoms with Crippen LogP contribution in [0.15, 0.2) is 36.4 Å². The van der Waals surface area contributed by atoms with Crippen molar-refractivity contribution in [3.8, 4) is 11.4 Å². The van der Waals surface area contributed by atoms with E-state index in [0.717, 1.165) is 13.0 Å². The molecule has 1 aliphatic rings. The third-order valence-corrected chi connectivity index (χ3v) is 5.48. The van der Waals surface area contributed by atoms with Gasteiger partial charge < -0.3 is 0 Å². The molecule has 2 heteroatoms. The van der Waals surface area contributed by atoms with Crippen LogP contribution in [0.3, 0.4) is 0 Å². The molecule has 2 nitrogen and oxygen atoms in total. The molecule has 0 radical (unpaired) electrons. The molecular formula is C23H29N2+. The highest BCUT2D eigenvalue weighted by atomic mass is 15.2. The Morgan fingerprint density at radius 3 is 2.56 bits per heavy atom. The molecule has 0 spiro atoms. The molecule has 1 aromatic heterocycles. The van der Waals surface area contributed by atoms with Gasteiger partial charge in [0, 0.05) is 5.56 Å². The zero-order valence-electron chi connectivity index (χ0n) is 16.2. The summed E-state index contributed by atoms with van der Waals surface area (Å²) in [6, 6.07) is 13.5. The summed E-state index contributed by atoms with van der Waals surface area (Å²) < 4.78 is 4.97. The molecule has 2 aromatic carbocycles. The van der Waals surface area contributed by atoms with E-state index in [1.165, 1.54) is 46.4 Å². The lowest BCUT2D eigenvalue weighted by Crippen LogP contribution is -2.39. The van der Waals surface area contributed by atoms with Crippen molar-refractivity contribution in [1.29, 1.82) is 0 Å². The minimum atomic E-state index is 0.320. The van der Waals surface area contributed by atoms with Crippen LogP contribution in [0.25, 0.3) is 22.4 Å².